The van der Waals surface area contributed by atoms with Gasteiger partial charge in [0.05, 0.1) is 12.7 Å². The number of rotatable bonds is 1. The second-order valence-corrected chi connectivity index (χ2v) is 3.52. The van der Waals surface area contributed by atoms with Crippen LogP contribution in [0, 0.1) is 5.92 Å². The molecule has 5 atom stereocenters. The van der Waals surface area contributed by atoms with Crippen LogP contribution in [-0.2, 0) is 4.74 Å². The third-order valence-corrected chi connectivity index (χ3v) is 2.37. The molecule has 0 saturated carbocycles. The molecule has 5 unspecified atom stereocenters. The predicted octanol–water partition coefficient (Wildman–Crippen LogP) is -1.56. The summed E-state index contributed by atoms with van der Waals surface area (Å²) in [5, 5.41) is 36.9. The van der Waals surface area contributed by atoms with Gasteiger partial charge in [0.1, 0.15) is 12.2 Å². The van der Waals surface area contributed by atoms with Gasteiger partial charge >= 0.3 is 0 Å². The van der Waals surface area contributed by atoms with Gasteiger partial charge in [-0.15, -0.1) is 0 Å². The van der Waals surface area contributed by atoms with Gasteiger partial charge in [-0.25, -0.2) is 0 Å². The van der Waals surface area contributed by atoms with E-state index in [4.69, 9.17) is 9.84 Å². The maximum Gasteiger partial charge on any atom is 0.157 e. The van der Waals surface area contributed by atoms with Crippen molar-refractivity contribution in [2.45, 2.75) is 37.9 Å². The Morgan fingerprint density at radius 1 is 1.31 bits per heavy atom. The summed E-state index contributed by atoms with van der Waals surface area (Å²) < 4.78 is 4.95. The molecule has 5 heteroatoms. The molecule has 0 amide bonds. The van der Waals surface area contributed by atoms with Crippen LogP contribution in [0.4, 0.5) is 0 Å². The van der Waals surface area contributed by atoms with E-state index in [2.05, 4.69) is 0 Å². The molecule has 0 radical (unpaired) electrons. The largest absolute Gasteiger partial charge is 0.394 e. The minimum Gasteiger partial charge on any atom is -0.394 e. The van der Waals surface area contributed by atoms with E-state index in [9.17, 15) is 15.3 Å². The smallest absolute Gasteiger partial charge is 0.157 e. The summed E-state index contributed by atoms with van der Waals surface area (Å²) in [5.74, 6) is -0.249. The SMILES string of the molecule is CC1CC(O)C(O)C(CO)OC1O. The van der Waals surface area contributed by atoms with Crippen molar-refractivity contribution in [3.05, 3.63) is 0 Å². The van der Waals surface area contributed by atoms with E-state index in [0.717, 1.165) is 0 Å². The quantitative estimate of drug-likeness (QED) is 0.403. The van der Waals surface area contributed by atoms with Gasteiger partial charge in [0.2, 0.25) is 0 Å². The molecule has 0 spiro atoms. The molecule has 0 aliphatic carbocycles. The Hall–Kier alpha value is -0.200. The first kappa shape index (κ1) is 10.9. The van der Waals surface area contributed by atoms with Crippen molar-refractivity contribution in [1.82, 2.24) is 0 Å². The van der Waals surface area contributed by atoms with Gasteiger partial charge in [-0.3, -0.25) is 0 Å². The molecule has 1 fully saturated rings. The van der Waals surface area contributed by atoms with Crippen molar-refractivity contribution >= 4 is 0 Å². The molecule has 1 saturated heterocycles. The highest BCUT2D eigenvalue weighted by Crippen LogP contribution is 2.22. The lowest BCUT2D eigenvalue weighted by Gasteiger charge is -2.22. The standard InChI is InChI=1S/C8H16O5/c1-4-2-5(10)7(11)6(3-9)13-8(4)12/h4-12H,2-3H2,1H3. The number of aliphatic hydroxyl groups is 4. The van der Waals surface area contributed by atoms with Crippen LogP contribution in [-0.4, -0.2) is 51.6 Å². The topological polar surface area (TPSA) is 90.2 Å². The van der Waals surface area contributed by atoms with E-state index in [1.54, 1.807) is 6.92 Å². The molecule has 78 valence electrons. The van der Waals surface area contributed by atoms with Crippen molar-refractivity contribution in [1.29, 1.82) is 0 Å². The average Bonchev–Trinajstić information content (AvgIpc) is 2.18. The summed E-state index contributed by atoms with van der Waals surface area (Å²) in [4.78, 5) is 0. The normalized spacial score (nSPS) is 47.3. The van der Waals surface area contributed by atoms with Crippen LogP contribution in [0.15, 0.2) is 0 Å². The molecular weight excluding hydrogens is 176 g/mol. The Morgan fingerprint density at radius 2 is 1.92 bits per heavy atom. The zero-order chi connectivity index (χ0) is 10.0. The van der Waals surface area contributed by atoms with Gasteiger partial charge in [-0.05, 0) is 6.42 Å². The van der Waals surface area contributed by atoms with Crippen molar-refractivity contribution in [3.63, 3.8) is 0 Å². The highest BCUT2D eigenvalue weighted by Gasteiger charge is 2.35. The van der Waals surface area contributed by atoms with Crippen LogP contribution in [0.1, 0.15) is 13.3 Å². The fraction of sp³-hybridized carbons (Fsp3) is 1.00. The molecule has 5 nitrogen and oxygen atoms in total. The predicted molar refractivity (Wildman–Crippen MR) is 43.8 cm³/mol. The van der Waals surface area contributed by atoms with Crippen LogP contribution in [0.5, 0.6) is 0 Å². The summed E-state index contributed by atoms with van der Waals surface area (Å²) in [7, 11) is 0. The monoisotopic (exact) mass is 192 g/mol. The highest BCUT2D eigenvalue weighted by atomic mass is 16.6. The van der Waals surface area contributed by atoms with Crippen LogP contribution < -0.4 is 0 Å². The molecule has 0 aromatic rings. The van der Waals surface area contributed by atoms with Crippen molar-refractivity contribution in [2.75, 3.05) is 6.61 Å². The van der Waals surface area contributed by atoms with Gasteiger partial charge in [0, 0.05) is 5.92 Å². The van der Waals surface area contributed by atoms with Crippen molar-refractivity contribution in [2.24, 2.45) is 5.92 Å². The molecule has 1 aliphatic rings. The molecule has 4 N–H and O–H groups in total. The fourth-order valence-corrected chi connectivity index (χ4v) is 1.43. The Labute approximate surface area is 76.6 Å². The van der Waals surface area contributed by atoms with E-state index in [-0.39, 0.29) is 12.3 Å². The molecule has 13 heavy (non-hydrogen) atoms. The van der Waals surface area contributed by atoms with Gasteiger partial charge < -0.3 is 25.2 Å². The molecule has 0 bridgehead atoms. The minimum atomic E-state index is -1.13. The first-order valence-electron chi connectivity index (χ1n) is 4.36. The van der Waals surface area contributed by atoms with E-state index in [1.165, 1.54) is 0 Å². The van der Waals surface area contributed by atoms with E-state index >= 15 is 0 Å². The van der Waals surface area contributed by atoms with Gasteiger partial charge in [-0.1, -0.05) is 6.92 Å². The van der Waals surface area contributed by atoms with Crippen LogP contribution in [0.2, 0.25) is 0 Å². The zero-order valence-electron chi connectivity index (χ0n) is 7.50. The average molecular weight is 192 g/mol. The molecule has 1 aliphatic heterocycles. The Balaban J connectivity index is 2.68. The highest BCUT2D eigenvalue weighted by molar-refractivity contribution is 4.82. The maximum absolute atomic E-state index is 9.41. The lowest BCUT2D eigenvalue weighted by Crippen LogP contribution is -2.40. The Kier molecular flexibility index (Phi) is 3.63. The first-order valence-corrected chi connectivity index (χ1v) is 4.36. The Bertz CT molecular complexity index is 163. The van der Waals surface area contributed by atoms with Gasteiger partial charge in [-0.2, -0.15) is 0 Å². The number of ether oxygens (including phenoxy) is 1. The lowest BCUT2D eigenvalue weighted by atomic mass is 9.99. The zero-order valence-corrected chi connectivity index (χ0v) is 7.50. The summed E-state index contributed by atoms with van der Waals surface area (Å²) in [6.45, 7) is 1.29. The second-order valence-electron chi connectivity index (χ2n) is 3.52. The lowest BCUT2D eigenvalue weighted by molar-refractivity contribution is -0.185. The minimum absolute atomic E-state index is 0.249. The van der Waals surface area contributed by atoms with E-state index < -0.39 is 31.2 Å². The summed E-state index contributed by atoms with van der Waals surface area (Å²) in [6.07, 6.45) is -3.77. The maximum atomic E-state index is 9.41. The van der Waals surface area contributed by atoms with Crippen LogP contribution >= 0.6 is 0 Å². The third-order valence-electron chi connectivity index (χ3n) is 2.37. The van der Waals surface area contributed by atoms with E-state index in [0.29, 0.717) is 0 Å². The number of aliphatic hydroxyl groups excluding tert-OH is 4. The Morgan fingerprint density at radius 3 is 2.46 bits per heavy atom. The fourth-order valence-electron chi connectivity index (χ4n) is 1.43. The molecule has 0 aromatic carbocycles. The van der Waals surface area contributed by atoms with Crippen molar-refractivity contribution < 1.29 is 25.2 Å². The third kappa shape index (κ3) is 2.38. The van der Waals surface area contributed by atoms with E-state index in [1.807, 2.05) is 0 Å². The van der Waals surface area contributed by atoms with Crippen LogP contribution in [0.3, 0.4) is 0 Å². The first-order chi connectivity index (χ1) is 6.06. The summed E-state index contributed by atoms with van der Waals surface area (Å²) >= 11 is 0. The summed E-state index contributed by atoms with van der Waals surface area (Å²) in [6, 6.07) is 0. The van der Waals surface area contributed by atoms with Gasteiger partial charge in [0.15, 0.2) is 6.29 Å². The van der Waals surface area contributed by atoms with Gasteiger partial charge in [0.25, 0.3) is 0 Å². The molecule has 1 heterocycles. The number of hydrogen-bond donors (Lipinski definition) is 4. The molecule has 0 aromatic heterocycles. The molecular formula is C8H16O5. The second kappa shape index (κ2) is 4.34. The summed E-state index contributed by atoms with van der Waals surface area (Å²) in [5.41, 5.74) is 0. The molecule has 1 rings (SSSR count). The van der Waals surface area contributed by atoms with Crippen molar-refractivity contribution in [3.8, 4) is 0 Å². The van der Waals surface area contributed by atoms with Crippen LogP contribution in [0.25, 0.3) is 0 Å². The number of hydrogen-bond acceptors (Lipinski definition) is 5.